The van der Waals surface area contributed by atoms with Gasteiger partial charge in [0, 0.05) is 12.7 Å². The van der Waals surface area contributed by atoms with Crippen LogP contribution in [0.1, 0.15) is 11.1 Å². The third-order valence-electron chi connectivity index (χ3n) is 2.41. The number of carbonyl (C=O) groups is 2. The first kappa shape index (κ1) is 15.0. The van der Waals surface area contributed by atoms with Crippen LogP contribution in [0.3, 0.4) is 0 Å². The molecule has 0 bridgehead atoms. The number of hydrogen-bond donors (Lipinski definition) is 2. The molecule has 0 aliphatic rings. The zero-order chi connectivity index (χ0) is 14.3. The maximum atomic E-state index is 11.2. The molecule has 2 N–H and O–H groups in total. The second kappa shape index (κ2) is 7.38. The minimum atomic E-state index is -1.01. The molecule has 0 fully saturated rings. The number of aliphatic carboxylic acids is 1. The predicted octanol–water partition coefficient (Wildman–Crippen LogP) is 1.04. The summed E-state index contributed by atoms with van der Waals surface area (Å²) in [5.74, 6) is -1.34. The summed E-state index contributed by atoms with van der Waals surface area (Å²) in [5, 5.41) is 11.5. The summed E-state index contributed by atoms with van der Waals surface area (Å²) in [4.78, 5) is 21.6. The van der Waals surface area contributed by atoms with E-state index in [1.54, 1.807) is 13.1 Å². The fourth-order valence-corrected chi connectivity index (χ4v) is 1.59. The molecule has 0 aliphatic heterocycles. The molecule has 6 heteroatoms. The number of esters is 1. The van der Waals surface area contributed by atoms with Gasteiger partial charge in [0.1, 0.15) is 6.61 Å². The summed E-state index contributed by atoms with van der Waals surface area (Å²) in [6, 6.07) is 5.46. The number of nitrogens with one attached hydrogen (secondary N) is 1. The van der Waals surface area contributed by atoms with E-state index in [0.717, 1.165) is 16.8 Å². The van der Waals surface area contributed by atoms with E-state index in [-0.39, 0.29) is 25.6 Å². The van der Waals surface area contributed by atoms with Gasteiger partial charge in [-0.15, -0.1) is 0 Å². The lowest BCUT2D eigenvalue weighted by molar-refractivity contribution is -0.142. The second-order valence-electron chi connectivity index (χ2n) is 3.93. The van der Waals surface area contributed by atoms with Crippen LogP contribution in [0.2, 0.25) is 0 Å². The van der Waals surface area contributed by atoms with E-state index in [4.69, 9.17) is 9.84 Å². The third-order valence-corrected chi connectivity index (χ3v) is 2.41. The van der Waals surface area contributed by atoms with Crippen LogP contribution < -0.4 is 5.32 Å². The van der Waals surface area contributed by atoms with Crippen LogP contribution in [0.5, 0.6) is 0 Å². The first-order valence-corrected chi connectivity index (χ1v) is 5.72. The molecule has 19 heavy (non-hydrogen) atoms. The van der Waals surface area contributed by atoms with Gasteiger partial charge in [0.05, 0.1) is 20.1 Å². The number of carboxylic acid groups (broad SMARTS) is 1. The molecule has 0 saturated carbocycles. The smallest absolute Gasteiger partial charge is 0.329 e. The molecule has 0 amide bonds. The van der Waals surface area contributed by atoms with Crippen LogP contribution >= 0.6 is 0 Å². The van der Waals surface area contributed by atoms with Crippen LogP contribution in [0.4, 0.5) is 5.69 Å². The van der Waals surface area contributed by atoms with Crippen molar-refractivity contribution in [1.29, 1.82) is 0 Å². The number of anilines is 1. The number of benzene rings is 1. The first-order chi connectivity index (χ1) is 9.05. The Labute approximate surface area is 111 Å². The maximum absolute atomic E-state index is 11.2. The molecule has 1 rings (SSSR count). The Morgan fingerprint density at radius 3 is 2.53 bits per heavy atom. The summed E-state index contributed by atoms with van der Waals surface area (Å²) in [7, 11) is 3.10. The molecule has 0 heterocycles. The van der Waals surface area contributed by atoms with E-state index < -0.39 is 5.97 Å². The highest BCUT2D eigenvalue weighted by molar-refractivity contribution is 5.73. The Kier molecular flexibility index (Phi) is 5.81. The summed E-state index contributed by atoms with van der Waals surface area (Å²) >= 11 is 0. The van der Waals surface area contributed by atoms with Gasteiger partial charge in [-0.2, -0.15) is 0 Å². The molecule has 6 nitrogen and oxygen atoms in total. The van der Waals surface area contributed by atoms with Crippen molar-refractivity contribution in [2.45, 2.75) is 13.0 Å². The average Bonchev–Trinajstić information content (AvgIpc) is 2.37. The Morgan fingerprint density at radius 1 is 1.26 bits per heavy atom. The standard InChI is InChI=1S/C13H17NO5/c1-14-11-4-9(6-13(17)18-2)3-10(5-11)7-19-8-12(15)16/h3-5,14H,6-8H2,1-2H3,(H,15,16). The molecular weight excluding hydrogens is 250 g/mol. The molecule has 0 unspecified atom stereocenters. The van der Waals surface area contributed by atoms with Gasteiger partial charge in [-0.1, -0.05) is 6.07 Å². The predicted molar refractivity (Wildman–Crippen MR) is 69.0 cm³/mol. The summed E-state index contributed by atoms with van der Waals surface area (Å²) in [5.41, 5.74) is 2.41. The van der Waals surface area contributed by atoms with Crippen molar-refractivity contribution >= 4 is 17.6 Å². The first-order valence-electron chi connectivity index (χ1n) is 5.72. The summed E-state index contributed by atoms with van der Waals surface area (Å²) in [6.45, 7) is -0.174. The number of ether oxygens (including phenoxy) is 2. The molecule has 0 aromatic heterocycles. The van der Waals surface area contributed by atoms with Gasteiger partial charge in [0.15, 0.2) is 0 Å². The number of rotatable bonds is 7. The highest BCUT2D eigenvalue weighted by Crippen LogP contribution is 2.16. The topological polar surface area (TPSA) is 84.9 Å². The minimum Gasteiger partial charge on any atom is -0.480 e. The van der Waals surface area contributed by atoms with Crippen molar-refractivity contribution in [3.63, 3.8) is 0 Å². The number of hydrogen-bond acceptors (Lipinski definition) is 5. The molecule has 0 aliphatic carbocycles. The van der Waals surface area contributed by atoms with Crippen molar-refractivity contribution in [3.05, 3.63) is 29.3 Å². The van der Waals surface area contributed by atoms with Gasteiger partial charge in [-0.25, -0.2) is 4.79 Å². The fourth-order valence-electron chi connectivity index (χ4n) is 1.59. The van der Waals surface area contributed by atoms with Crippen molar-refractivity contribution in [1.82, 2.24) is 0 Å². The van der Waals surface area contributed by atoms with E-state index in [9.17, 15) is 9.59 Å². The molecule has 0 radical (unpaired) electrons. The van der Waals surface area contributed by atoms with E-state index in [1.807, 2.05) is 12.1 Å². The highest BCUT2D eigenvalue weighted by Gasteiger charge is 2.07. The van der Waals surface area contributed by atoms with Gasteiger partial charge in [-0.05, 0) is 23.3 Å². The van der Waals surface area contributed by atoms with E-state index in [1.165, 1.54) is 7.11 Å². The number of methoxy groups -OCH3 is 1. The second-order valence-corrected chi connectivity index (χ2v) is 3.93. The quantitative estimate of drug-likeness (QED) is 0.718. The zero-order valence-electron chi connectivity index (χ0n) is 10.9. The Morgan fingerprint density at radius 2 is 1.95 bits per heavy atom. The molecule has 1 aromatic rings. The number of carboxylic acids is 1. The average molecular weight is 267 g/mol. The lowest BCUT2D eigenvalue weighted by atomic mass is 10.1. The molecule has 0 atom stereocenters. The number of carbonyl (C=O) groups excluding carboxylic acids is 1. The molecule has 0 saturated heterocycles. The van der Waals surface area contributed by atoms with Gasteiger partial charge in [-0.3, -0.25) is 4.79 Å². The van der Waals surface area contributed by atoms with Crippen LogP contribution in [-0.4, -0.2) is 37.8 Å². The van der Waals surface area contributed by atoms with Crippen molar-refractivity contribution in [2.24, 2.45) is 0 Å². The Hall–Kier alpha value is -2.08. The fraction of sp³-hybridized carbons (Fsp3) is 0.385. The molecule has 0 spiro atoms. The lowest BCUT2D eigenvalue weighted by Crippen LogP contribution is -2.08. The van der Waals surface area contributed by atoms with E-state index in [2.05, 4.69) is 10.1 Å². The minimum absolute atomic E-state index is 0.165. The lowest BCUT2D eigenvalue weighted by Gasteiger charge is -2.09. The Balaban J connectivity index is 2.76. The SMILES string of the molecule is CNc1cc(COCC(=O)O)cc(CC(=O)OC)c1. The van der Waals surface area contributed by atoms with Crippen LogP contribution in [0.15, 0.2) is 18.2 Å². The zero-order valence-corrected chi connectivity index (χ0v) is 10.9. The monoisotopic (exact) mass is 267 g/mol. The van der Waals surface area contributed by atoms with Gasteiger partial charge in [0.2, 0.25) is 0 Å². The highest BCUT2D eigenvalue weighted by atomic mass is 16.5. The van der Waals surface area contributed by atoms with Crippen molar-refractivity contribution in [3.8, 4) is 0 Å². The van der Waals surface area contributed by atoms with Crippen LogP contribution in [0, 0.1) is 0 Å². The van der Waals surface area contributed by atoms with E-state index in [0.29, 0.717) is 0 Å². The van der Waals surface area contributed by atoms with Gasteiger partial charge >= 0.3 is 11.9 Å². The third kappa shape index (κ3) is 5.39. The van der Waals surface area contributed by atoms with Gasteiger partial charge < -0.3 is 19.9 Å². The van der Waals surface area contributed by atoms with Crippen LogP contribution in [0.25, 0.3) is 0 Å². The molecular formula is C13H17NO5. The normalized spacial score (nSPS) is 10.0. The Bertz CT molecular complexity index is 458. The summed E-state index contributed by atoms with van der Waals surface area (Å²) in [6.07, 6.45) is 0.165. The van der Waals surface area contributed by atoms with Crippen LogP contribution in [-0.2, 0) is 32.1 Å². The summed E-state index contributed by atoms with van der Waals surface area (Å²) < 4.78 is 9.64. The van der Waals surface area contributed by atoms with E-state index >= 15 is 0 Å². The van der Waals surface area contributed by atoms with Crippen molar-refractivity contribution in [2.75, 3.05) is 26.1 Å². The van der Waals surface area contributed by atoms with Gasteiger partial charge in [0.25, 0.3) is 0 Å². The maximum Gasteiger partial charge on any atom is 0.329 e. The largest absolute Gasteiger partial charge is 0.480 e. The molecule has 1 aromatic carbocycles. The van der Waals surface area contributed by atoms with Crippen molar-refractivity contribution < 1.29 is 24.2 Å². The molecule has 104 valence electrons.